The maximum absolute atomic E-state index is 11.4. The quantitative estimate of drug-likeness (QED) is 0.638. The first-order valence-corrected chi connectivity index (χ1v) is 5.20. The molecule has 0 amide bonds. The molecule has 15 heavy (non-hydrogen) atoms. The summed E-state index contributed by atoms with van der Waals surface area (Å²) in [5, 5.41) is 4.06. The van der Waals surface area contributed by atoms with Crippen molar-refractivity contribution >= 4 is 5.78 Å². The van der Waals surface area contributed by atoms with Gasteiger partial charge in [-0.3, -0.25) is 9.48 Å². The Morgan fingerprint density at radius 3 is 2.93 bits per heavy atom. The van der Waals surface area contributed by atoms with Crippen molar-refractivity contribution in [2.24, 2.45) is 7.05 Å². The number of carbonyl (C=O) groups is 1. The Morgan fingerprint density at radius 2 is 2.33 bits per heavy atom. The third-order valence-corrected chi connectivity index (χ3v) is 2.25. The molecule has 0 saturated heterocycles. The van der Waals surface area contributed by atoms with Gasteiger partial charge in [-0.05, 0) is 18.4 Å². The van der Waals surface area contributed by atoms with Gasteiger partial charge in [0.05, 0.1) is 6.20 Å². The predicted molar refractivity (Wildman–Crippen MR) is 57.6 cm³/mol. The van der Waals surface area contributed by atoms with Crippen molar-refractivity contribution in [3.8, 4) is 0 Å². The molecule has 1 rings (SSSR count). The number of ketones is 1. The van der Waals surface area contributed by atoms with Gasteiger partial charge < -0.3 is 4.74 Å². The van der Waals surface area contributed by atoms with Gasteiger partial charge in [-0.1, -0.05) is 0 Å². The number of hydrogen-bond donors (Lipinski definition) is 0. The third kappa shape index (κ3) is 4.74. The highest BCUT2D eigenvalue weighted by Gasteiger charge is 2.03. The molecule has 0 saturated carbocycles. The Balaban J connectivity index is 2.16. The molecule has 0 radical (unpaired) electrons. The summed E-state index contributed by atoms with van der Waals surface area (Å²) in [6.07, 6.45) is 6.59. The SMILES string of the molecule is COCCCC(=O)CCc1cnn(C)c1. The lowest BCUT2D eigenvalue weighted by atomic mass is 10.1. The zero-order valence-corrected chi connectivity index (χ0v) is 9.40. The highest BCUT2D eigenvalue weighted by molar-refractivity contribution is 5.78. The zero-order valence-electron chi connectivity index (χ0n) is 9.40. The molecule has 0 aliphatic heterocycles. The number of rotatable bonds is 7. The van der Waals surface area contributed by atoms with Crippen LogP contribution < -0.4 is 0 Å². The monoisotopic (exact) mass is 210 g/mol. The Labute approximate surface area is 90.2 Å². The summed E-state index contributed by atoms with van der Waals surface area (Å²) in [4.78, 5) is 11.4. The average molecular weight is 210 g/mol. The van der Waals surface area contributed by atoms with E-state index in [1.807, 2.05) is 19.4 Å². The fraction of sp³-hybridized carbons (Fsp3) is 0.636. The van der Waals surface area contributed by atoms with Gasteiger partial charge in [-0.15, -0.1) is 0 Å². The van der Waals surface area contributed by atoms with Crippen LogP contribution in [0.5, 0.6) is 0 Å². The van der Waals surface area contributed by atoms with E-state index in [-0.39, 0.29) is 0 Å². The number of methoxy groups -OCH3 is 1. The van der Waals surface area contributed by atoms with E-state index in [0.29, 0.717) is 25.2 Å². The second kappa shape index (κ2) is 6.35. The molecule has 4 heteroatoms. The summed E-state index contributed by atoms with van der Waals surface area (Å²) in [6.45, 7) is 0.665. The summed E-state index contributed by atoms with van der Waals surface area (Å²) < 4.78 is 6.65. The van der Waals surface area contributed by atoms with E-state index in [4.69, 9.17) is 4.74 Å². The Kier molecular flexibility index (Phi) is 5.04. The van der Waals surface area contributed by atoms with Crippen LogP contribution in [0.1, 0.15) is 24.8 Å². The van der Waals surface area contributed by atoms with Gasteiger partial charge in [0, 0.05) is 39.8 Å². The highest BCUT2D eigenvalue weighted by atomic mass is 16.5. The first kappa shape index (κ1) is 11.9. The summed E-state index contributed by atoms with van der Waals surface area (Å²) >= 11 is 0. The van der Waals surface area contributed by atoms with Crippen molar-refractivity contribution in [3.63, 3.8) is 0 Å². The Morgan fingerprint density at radius 1 is 1.53 bits per heavy atom. The fourth-order valence-electron chi connectivity index (χ4n) is 1.42. The van der Waals surface area contributed by atoms with Crippen LogP contribution in [-0.4, -0.2) is 29.3 Å². The van der Waals surface area contributed by atoms with Gasteiger partial charge in [0.15, 0.2) is 0 Å². The Bertz CT molecular complexity index is 307. The number of Topliss-reactive ketones (excluding diaryl/α,β-unsaturated/α-hetero) is 1. The molecule has 0 N–H and O–H groups in total. The smallest absolute Gasteiger partial charge is 0.133 e. The molecule has 84 valence electrons. The molecule has 0 aliphatic carbocycles. The molecule has 1 heterocycles. The number of hydrogen-bond acceptors (Lipinski definition) is 3. The minimum absolute atomic E-state index is 0.302. The van der Waals surface area contributed by atoms with E-state index in [2.05, 4.69) is 5.10 Å². The highest BCUT2D eigenvalue weighted by Crippen LogP contribution is 2.04. The maximum atomic E-state index is 11.4. The number of carbonyl (C=O) groups excluding carboxylic acids is 1. The first-order chi connectivity index (χ1) is 7.22. The van der Waals surface area contributed by atoms with Crippen LogP contribution >= 0.6 is 0 Å². The van der Waals surface area contributed by atoms with Crippen molar-refractivity contribution in [3.05, 3.63) is 18.0 Å². The van der Waals surface area contributed by atoms with Crippen LogP contribution in [0.4, 0.5) is 0 Å². The van der Waals surface area contributed by atoms with Crippen molar-refractivity contribution < 1.29 is 9.53 Å². The third-order valence-electron chi connectivity index (χ3n) is 2.25. The molecule has 0 unspecified atom stereocenters. The summed E-state index contributed by atoms with van der Waals surface area (Å²) in [6, 6.07) is 0. The van der Waals surface area contributed by atoms with Gasteiger partial charge in [0.25, 0.3) is 0 Å². The van der Waals surface area contributed by atoms with Gasteiger partial charge in [-0.2, -0.15) is 5.10 Å². The molecule has 0 bridgehead atoms. The molecule has 0 aromatic carbocycles. The van der Waals surface area contributed by atoms with Crippen LogP contribution in [0.15, 0.2) is 12.4 Å². The molecular weight excluding hydrogens is 192 g/mol. The lowest BCUT2D eigenvalue weighted by Gasteiger charge is -1.99. The van der Waals surface area contributed by atoms with Gasteiger partial charge in [0.2, 0.25) is 0 Å². The maximum Gasteiger partial charge on any atom is 0.133 e. The molecule has 0 atom stereocenters. The molecular formula is C11H18N2O2. The van der Waals surface area contributed by atoms with Crippen LogP contribution in [0.3, 0.4) is 0 Å². The standard InChI is InChI=1S/C11H18N2O2/c1-13-9-10(8-12-13)5-6-11(14)4-3-7-15-2/h8-9H,3-7H2,1-2H3. The molecule has 4 nitrogen and oxygen atoms in total. The minimum Gasteiger partial charge on any atom is -0.385 e. The largest absolute Gasteiger partial charge is 0.385 e. The molecule has 0 fully saturated rings. The van der Waals surface area contributed by atoms with E-state index in [1.165, 1.54) is 0 Å². The van der Waals surface area contributed by atoms with Gasteiger partial charge in [-0.25, -0.2) is 0 Å². The number of ether oxygens (including phenoxy) is 1. The van der Waals surface area contributed by atoms with Crippen LogP contribution in [0.25, 0.3) is 0 Å². The van der Waals surface area contributed by atoms with E-state index in [1.54, 1.807) is 11.8 Å². The number of aromatic nitrogens is 2. The van der Waals surface area contributed by atoms with E-state index in [0.717, 1.165) is 18.4 Å². The van der Waals surface area contributed by atoms with Gasteiger partial charge in [0.1, 0.15) is 5.78 Å². The summed E-state index contributed by atoms with van der Waals surface area (Å²) in [5.74, 6) is 0.302. The van der Waals surface area contributed by atoms with Crippen LogP contribution in [-0.2, 0) is 23.0 Å². The predicted octanol–water partition coefficient (Wildman–Crippen LogP) is 1.35. The van der Waals surface area contributed by atoms with Crippen molar-refractivity contribution in [2.75, 3.05) is 13.7 Å². The molecule has 1 aromatic rings. The van der Waals surface area contributed by atoms with E-state index in [9.17, 15) is 4.79 Å². The van der Waals surface area contributed by atoms with Gasteiger partial charge >= 0.3 is 0 Å². The fourth-order valence-corrected chi connectivity index (χ4v) is 1.42. The van der Waals surface area contributed by atoms with Crippen LogP contribution in [0.2, 0.25) is 0 Å². The lowest BCUT2D eigenvalue weighted by Crippen LogP contribution is -2.01. The second-order valence-corrected chi connectivity index (χ2v) is 3.66. The topological polar surface area (TPSA) is 44.1 Å². The normalized spacial score (nSPS) is 10.5. The van der Waals surface area contributed by atoms with Crippen molar-refractivity contribution in [1.29, 1.82) is 0 Å². The summed E-state index contributed by atoms with van der Waals surface area (Å²) in [7, 11) is 3.53. The number of nitrogens with zero attached hydrogens (tertiary/aromatic N) is 2. The zero-order chi connectivity index (χ0) is 11.1. The van der Waals surface area contributed by atoms with Crippen molar-refractivity contribution in [2.45, 2.75) is 25.7 Å². The number of aryl methyl sites for hydroxylation is 2. The van der Waals surface area contributed by atoms with E-state index >= 15 is 0 Å². The second-order valence-electron chi connectivity index (χ2n) is 3.66. The van der Waals surface area contributed by atoms with E-state index < -0.39 is 0 Å². The molecule has 1 aromatic heterocycles. The Hall–Kier alpha value is -1.16. The van der Waals surface area contributed by atoms with Crippen LogP contribution in [0, 0.1) is 0 Å². The first-order valence-electron chi connectivity index (χ1n) is 5.20. The lowest BCUT2D eigenvalue weighted by molar-refractivity contribution is -0.119. The minimum atomic E-state index is 0.302. The van der Waals surface area contributed by atoms with Crippen molar-refractivity contribution in [1.82, 2.24) is 9.78 Å². The summed E-state index contributed by atoms with van der Waals surface area (Å²) in [5.41, 5.74) is 1.12. The molecule has 0 spiro atoms. The average Bonchev–Trinajstić information content (AvgIpc) is 2.62. The molecule has 0 aliphatic rings.